The molecular weight excluding hydrogens is 260 g/mol. The van der Waals surface area contributed by atoms with Gasteiger partial charge in [0.2, 0.25) is 0 Å². The Balaban J connectivity index is 2.27. The average Bonchev–Trinajstić information content (AvgIpc) is 2.69. The van der Waals surface area contributed by atoms with Crippen LogP contribution in [0, 0.1) is 18.8 Å². The van der Waals surface area contributed by atoms with Crippen molar-refractivity contribution < 1.29 is 13.2 Å². The second-order valence-corrected chi connectivity index (χ2v) is 7.93. The van der Waals surface area contributed by atoms with Gasteiger partial charge in [0.05, 0.1) is 22.9 Å². The Morgan fingerprint density at radius 2 is 1.79 bits per heavy atom. The minimum absolute atomic E-state index is 0.0707. The predicted octanol–water partition coefficient (Wildman–Crippen LogP) is 2.83. The van der Waals surface area contributed by atoms with Crippen LogP contribution in [0.25, 0.3) is 0 Å². The number of hydrogen-bond acceptors (Lipinski definition) is 3. The first-order valence-corrected chi connectivity index (χ1v) is 8.31. The largest absolute Gasteiger partial charge is 0.378 e. The molecule has 0 amide bonds. The Bertz CT molecular complexity index is 533. The molecule has 4 heteroatoms. The first-order chi connectivity index (χ1) is 8.84. The average molecular weight is 282 g/mol. The van der Waals surface area contributed by atoms with Crippen molar-refractivity contribution in [3.63, 3.8) is 0 Å². The van der Waals surface area contributed by atoms with E-state index in [1.165, 1.54) is 0 Å². The van der Waals surface area contributed by atoms with E-state index in [2.05, 4.69) is 6.92 Å². The summed E-state index contributed by atoms with van der Waals surface area (Å²) in [6, 6.07) is 7.09. The summed E-state index contributed by atoms with van der Waals surface area (Å²) in [7, 11) is -3.28. The van der Waals surface area contributed by atoms with E-state index in [4.69, 9.17) is 4.74 Å². The van der Waals surface area contributed by atoms with Crippen LogP contribution in [-0.2, 0) is 14.6 Å². The molecule has 0 aromatic heterocycles. The number of benzene rings is 1. The fourth-order valence-electron chi connectivity index (χ4n) is 2.65. The van der Waals surface area contributed by atoms with E-state index in [9.17, 15) is 8.42 Å². The number of rotatable bonds is 3. The van der Waals surface area contributed by atoms with Crippen molar-refractivity contribution in [3.8, 4) is 0 Å². The van der Waals surface area contributed by atoms with E-state index >= 15 is 0 Å². The summed E-state index contributed by atoms with van der Waals surface area (Å²) in [5.74, 6) is 0.344. The van der Waals surface area contributed by atoms with Crippen molar-refractivity contribution in [2.75, 3.05) is 6.61 Å². The third kappa shape index (κ3) is 2.70. The zero-order valence-electron chi connectivity index (χ0n) is 12.0. The summed E-state index contributed by atoms with van der Waals surface area (Å²) in [5, 5.41) is -0.407. The Labute approximate surface area is 115 Å². The predicted molar refractivity (Wildman–Crippen MR) is 75.9 cm³/mol. The lowest BCUT2D eigenvalue weighted by Gasteiger charge is -2.23. The molecule has 4 atom stereocenters. The fraction of sp³-hybridized carbons (Fsp3) is 0.600. The van der Waals surface area contributed by atoms with Crippen molar-refractivity contribution in [1.29, 1.82) is 0 Å². The van der Waals surface area contributed by atoms with Gasteiger partial charge in [0.1, 0.15) is 0 Å². The summed E-state index contributed by atoms with van der Waals surface area (Å²) in [6.07, 6.45) is 0.140. The van der Waals surface area contributed by atoms with Gasteiger partial charge < -0.3 is 4.74 Å². The first kappa shape index (κ1) is 14.5. The SMILES string of the molecule is Cc1ccc(S(=O)(=O)C(C)[C@H]2CO[C@H](C)[C@H]2C)cc1. The maximum Gasteiger partial charge on any atom is 0.181 e. The van der Waals surface area contributed by atoms with E-state index in [0.717, 1.165) is 5.56 Å². The van der Waals surface area contributed by atoms with Crippen LogP contribution in [0.5, 0.6) is 0 Å². The highest BCUT2D eigenvalue weighted by molar-refractivity contribution is 7.92. The molecule has 106 valence electrons. The highest BCUT2D eigenvalue weighted by Gasteiger charge is 2.40. The van der Waals surface area contributed by atoms with Gasteiger partial charge in [0.15, 0.2) is 9.84 Å². The molecule has 0 N–H and O–H groups in total. The summed E-state index contributed by atoms with van der Waals surface area (Å²) in [6.45, 7) is 8.38. The van der Waals surface area contributed by atoms with Crippen LogP contribution in [0.15, 0.2) is 29.2 Å². The summed E-state index contributed by atoms with van der Waals surface area (Å²) in [4.78, 5) is 0.414. The van der Waals surface area contributed by atoms with Crippen molar-refractivity contribution in [2.45, 2.75) is 43.9 Å². The number of sulfone groups is 1. The lowest BCUT2D eigenvalue weighted by molar-refractivity contribution is 0.108. The van der Waals surface area contributed by atoms with Gasteiger partial charge in [0.25, 0.3) is 0 Å². The quantitative estimate of drug-likeness (QED) is 0.856. The lowest BCUT2D eigenvalue weighted by atomic mass is 9.91. The highest BCUT2D eigenvalue weighted by Crippen LogP contribution is 2.34. The van der Waals surface area contributed by atoms with Gasteiger partial charge in [0, 0.05) is 5.92 Å². The Kier molecular flexibility index (Phi) is 4.02. The molecule has 3 nitrogen and oxygen atoms in total. The molecule has 19 heavy (non-hydrogen) atoms. The molecule has 0 spiro atoms. The second-order valence-electron chi connectivity index (χ2n) is 5.62. The van der Waals surface area contributed by atoms with E-state index in [-0.39, 0.29) is 17.9 Å². The molecule has 1 heterocycles. The van der Waals surface area contributed by atoms with Crippen molar-refractivity contribution in [1.82, 2.24) is 0 Å². The molecule has 0 radical (unpaired) electrons. The third-order valence-electron chi connectivity index (χ3n) is 4.41. The van der Waals surface area contributed by atoms with Gasteiger partial charge in [-0.15, -0.1) is 0 Å². The summed E-state index contributed by atoms with van der Waals surface area (Å²) in [5.41, 5.74) is 1.07. The molecule has 2 rings (SSSR count). The fourth-order valence-corrected chi connectivity index (χ4v) is 4.38. The van der Waals surface area contributed by atoms with Crippen molar-refractivity contribution >= 4 is 9.84 Å². The van der Waals surface area contributed by atoms with E-state index in [1.807, 2.05) is 26.0 Å². The lowest BCUT2D eigenvalue weighted by Crippen LogP contribution is -2.31. The smallest absolute Gasteiger partial charge is 0.181 e. The summed E-state index contributed by atoms with van der Waals surface area (Å²) >= 11 is 0. The van der Waals surface area contributed by atoms with E-state index < -0.39 is 15.1 Å². The molecular formula is C15H22O3S. The van der Waals surface area contributed by atoms with Gasteiger partial charge in [-0.1, -0.05) is 24.6 Å². The van der Waals surface area contributed by atoms with Crippen molar-refractivity contribution in [3.05, 3.63) is 29.8 Å². The van der Waals surface area contributed by atoms with Crippen LogP contribution >= 0.6 is 0 Å². The number of hydrogen-bond donors (Lipinski definition) is 0. The Morgan fingerprint density at radius 3 is 2.26 bits per heavy atom. The highest BCUT2D eigenvalue weighted by atomic mass is 32.2. The molecule has 1 aromatic rings. The maximum absolute atomic E-state index is 12.6. The van der Waals surface area contributed by atoms with Gasteiger partial charge in [-0.05, 0) is 38.8 Å². The maximum atomic E-state index is 12.6. The zero-order valence-corrected chi connectivity index (χ0v) is 12.8. The third-order valence-corrected chi connectivity index (χ3v) is 6.67. The second kappa shape index (κ2) is 5.25. The van der Waals surface area contributed by atoms with Gasteiger partial charge in [-0.2, -0.15) is 0 Å². The van der Waals surface area contributed by atoms with Crippen LogP contribution in [0.1, 0.15) is 26.3 Å². The van der Waals surface area contributed by atoms with Crippen LogP contribution < -0.4 is 0 Å². The Morgan fingerprint density at radius 1 is 1.21 bits per heavy atom. The van der Waals surface area contributed by atoms with E-state index in [1.54, 1.807) is 19.1 Å². The Hall–Kier alpha value is -0.870. The molecule has 1 aromatic carbocycles. The molecule has 1 aliphatic rings. The standard InChI is InChI=1S/C15H22O3S/c1-10-5-7-14(8-6-10)19(16,17)13(4)15-9-18-12(3)11(15)2/h5-8,11-13,15H,9H2,1-4H3/t11-,12-,13?,15+/m1/s1. The van der Waals surface area contributed by atoms with E-state index in [0.29, 0.717) is 11.5 Å². The van der Waals surface area contributed by atoms with Crippen LogP contribution in [0.2, 0.25) is 0 Å². The normalized spacial score (nSPS) is 29.4. The molecule has 1 saturated heterocycles. The molecule has 0 bridgehead atoms. The van der Waals surface area contributed by atoms with Crippen molar-refractivity contribution in [2.24, 2.45) is 11.8 Å². The zero-order chi connectivity index (χ0) is 14.2. The van der Waals surface area contributed by atoms with Gasteiger partial charge in [-0.25, -0.2) is 8.42 Å². The first-order valence-electron chi connectivity index (χ1n) is 6.76. The van der Waals surface area contributed by atoms with Crippen LogP contribution in [-0.4, -0.2) is 26.4 Å². The monoisotopic (exact) mass is 282 g/mol. The molecule has 1 fully saturated rings. The summed E-state index contributed by atoms with van der Waals surface area (Å²) < 4.78 is 30.8. The molecule has 0 saturated carbocycles. The topological polar surface area (TPSA) is 43.4 Å². The van der Waals surface area contributed by atoms with Gasteiger partial charge in [-0.3, -0.25) is 0 Å². The molecule has 0 aliphatic carbocycles. The van der Waals surface area contributed by atoms with Crippen LogP contribution in [0.3, 0.4) is 0 Å². The molecule has 1 unspecified atom stereocenters. The minimum Gasteiger partial charge on any atom is -0.378 e. The molecule has 1 aliphatic heterocycles. The van der Waals surface area contributed by atoms with Crippen LogP contribution in [0.4, 0.5) is 0 Å². The minimum atomic E-state index is -3.28. The van der Waals surface area contributed by atoms with Gasteiger partial charge >= 0.3 is 0 Å². The number of aryl methyl sites for hydroxylation is 1. The number of ether oxygens (including phenoxy) is 1.